The topological polar surface area (TPSA) is 78.5 Å². The highest BCUT2D eigenvalue weighted by Crippen LogP contribution is 2.16. The fourth-order valence-electron chi connectivity index (χ4n) is 2.76. The predicted molar refractivity (Wildman–Crippen MR) is 92.1 cm³/mol. The van der Waals surface area contributed by atoms with Crippen LogP contribution in [0.15, 0.2) is 24.3 Å². The average Bonchev–Trinajstić information content (AvgIpc) is 2.54. The lowest BCUT2D eigenvalue weighted by molar-refractivity contribution is 0.0698. The van der Waals surface area contributed by atoms with Gasteiger partial charge in [-0.2, -0.15) is 0 Å². The van der Waals surface area contributed by atoms with E-state index in [0.29, 0.717) is 30.3 Å². The van der Waals surface area contributed by atoms with Gasteiger partial charge in [0.1, 0.15) is 0 Å². The van der Waals surface area contributed by atoms with E-state index in [1.54, 1.807) is 24.3 Å². The van der Waals surface area contributed by atoms with Gasteiger partial charge >= 0.3 is 0 Å². The fourth-order valence-corrected chi connectivity index (χ4v) is 3.89. The number of hydrogen-bond acceptors (Lipinski definition) is 4. The number of sulfonamides is 1. The van der Waals surface area contributed by atoms with Crippen molar-refractivity contribution in [3.63, 3.8) is 0 Å². The zero-order valence-electron chi connectivity index (χ0n) is 13.7. The van der Waals surface area contributed by atoms with E-state index in [-0.39, 0.29) is 11.7 Å². The maximum absolute atomic E-state index is 12.5. The van der Waals surface area contributed by atoms with Crippen LogP contribution in [-0.2, 0) is 10.0 Å². The van der Waals surface area contributed by atoms with E-state index in [9.17, 15) is 13.2 Å². The number of carbonyl (C=O) groups excluding carboxylic acids is 1. The highest BCUT2D eigenvalue weighted by molar-refractivity contribution is 7.92. The van der Waals surface area contributed by atoms with Crippen LogP contribution in [0.1, 0.15) is 36.5 Å². The molecule has 0 radical (unpaired) electrons. The highest BCUT2D eigenvalue weighted by atomic mass is 32.2. The number of amides is 1. The number of hydrogen-bond donors (Lipinski definition) is 2. The molecule has 1 aromatic rings. The number of piperidine rings is 1. The van der Waals surface area contributed by atoms with E-state index in [0.717, 1.165) is 19.4 Å². The van der Waals surface area contributed by atoms with E-state index in [1.807, 2.05) is 18.9 Å². The third kappa shape index (κ3) is 4.94. The molecule has 0 spiro atoms. The second kappa shape index (κ2) is 7.79. The van der Waals surface area contributed by atoms with Crippen LogP contribution in [0.3, 0.4) is 0 Å². The van der Waals surface area contributed by atoms with Crippen molar-refractivity contribution in [2.45, 2.75) is 32.2 Å². The molecule has 1 aliphatic heterocycles. The van der Waals surface area contributed by atoms with E-state index >= 15 is 0 Å². The molecule has 1 fully saturated rings. The number of nitrogens with one attached hydrogen (secondary N) is 2. The molecule has 1 aliphatic rings. The Balaban J connectivity index is 2.03. The summed E-state index contributed by atoms with van der Waals surface area (Å²) < 4.78 is 26.0. The summed E-state index contributed by atoms with van der Waals surface area (Å²) in [6, 6.07) is 6.97. The quantitative estimate of drug-likeness (QED) is 0.826. The van der Waals surface area contributed by atoms with Crippen molar-refractivity contribution in [2.24, 2.45) is 0 Å². The minimum absolute atomic E-state index is 0.00656. The Morgan fingerprint density at radius 3 is 2.61 bits per heavy atom. The standard InChI is InChI=1S/C16H25N3O3S/c1-3-11-23(21,22)18-14-8-6-13(7-9-14)16(20)19-10-4-5-15(12-19)17-2/h6-9,15,17-18H,3-5,10-12H2,1-2H3. The van der Waals surface area contributed by atoms with Crippen LogP contribution >= 0.6 is 0 Å². The van der Waals surface area contributed by atoms with E-state index < -0.39 is 10.0 Å². The summed E-state index contributed by atoms with van der Waals surface area (Å²) in [5.41, 5.74) is 1.07. The number of nitrogens with zero attached hydrogens (tertiary/aromatic N) is 1. The lowest BCUT2D eigenvalue weighted by Crippen LogP contribution is -2.46. The maximum atomic E-state index is 12.5. The van der Waals surface area contributed by atoms with Crippen LogP contribution in [0, 0.1) is 0 Å². The first-order valence-electron chi connectivity index (χ1n) is 8.02. The number of carbonyl (C=O) groups is 1. The van der Waals surface area contributed by atoms with Crippen molar-refractivity contribution >= 4 is 21.6 Å². The van der Waals surface area contributed by atoms with Gasteiger partial charge in [-0.15, -0.1) is 0 Å². The molecule has 0 saturated carbocycles. The van der Waals surface area contributed by atoms with E-state index in [1.165, 1.54) is 0 Å². The molecule has 6 nitrogen and oxygen atoms in total. The van der Waals surface area contributed by atoms with Crippen molar-refractivity contribution in [1.82, 2.24) is 10.2 Å². The van der Waals surface area contributed by atoms with Crippen molar-refractivity contribution in [1.29, 1.82) is 0 Å². The Kier molecular flexibility index (Phi) is 6.01. The average molecular weight is 339 g/mol. The fraction of sp³-hybridized carbons (Fsp3) is 0.562. The normalized spacial score (nSPS) is 18.7. The smallest absolute Gasteiger partial charge is 0.253 e. The number of likely N-dealkylation sites (tertiary alicyclic amines) is 1. The first kappa shape index (κ1) is 17.7. The Morgan fingerprint density at radius 1 is 1.30 bits per heavy atom. The second-order valence-corrected chi connectivity index (χ2v) is 7.72. The van der Waals surface area contributed by atoms with Gasteiger partial charge in [-0.3, -0.25) is 9.52 Å². The van der Waals surface area contributed by atoms with Crippen LogP contribution in [-0.4, -0.2) is 51.2 Å². The highest BCUT2D eigenvalue weighted by Gasteiger charge is 2.23. The van der Waals surface area contributed by atoms with Gasteiger partial charge in [0.25, 0.3) is 5.91 Å². The van der Waals surface area contributed by atoms with Gasteiger partial charge in [0, 0.05) is 30.4 Å². The molecule has 23 heavy (non-hydrogen) atoms. The van der Waals surface area contributed by atoms with Gasteiger partial charge in [0.15, 0.2) is 0 Å². The number of rotatable bonds is 6. The first-order valence-corrected chi connectivity index (χ1v) is 9.67. The van der Waals surface area contributed by atoms with E-state index in [4.69, 9.17) is 0 Å². The van der Waals surface area contributed by atoms with Crippen molar-refractivity contribution in [3.8, 4) is 0 Å². The van der Waals surface area contributed by atoms with Crippen LogP contribution in [0.4, 0.5) is 5.69 Å². The minimum atomic E-state index is -3.30. The van der Waals surface area contributed by atoms with Gasteiger partial charge in [-0.25, -0.2) is 8.42 Å². The molecule has 0 aliphatic carbocycles. The van der Waals surface area contributed by atoms with Gasteiger partial charge in [-0.05, 0) is 50.6 Å². The lowest BCUT2D eigenvalue weighted by Gasteiger charge is -2.32. The Labute approximate surface area is 138 Å². The molecular weight excluding hydrogens is 314 g/mol. The third-order valence-corrected chi connectivity index (χ3v) is 5.49. The molecule has 128 valence electrons. The van der Waals surface area contributed by atoms with Gasteiger partial charge in [0.05, 0.1) is 5.75 Å². The molecule has 1 saturated heterocycles. The van der Waals surface area contributed by atoms with Crippen molar-refractivity contribution < 1.29 is 13.2 Å². The summed E-state index contributed by atoms with van der Waals surface area (Å²) in [4.78, 5) is 14.4. The summed E-state index contributed by atoms with van der Waals surface area (Å²) in [7, 11) is -1.39. The van der Waals surface area contributed by atoms with Crippen molar-refractivity contribution in [2.75, 3.05) is 30.6 Å². The maximum Gasteiger partial charge on any atom is 0.253 e. The second-order valence-electron chi connectivity index (χ2n) is 5.88. The first-order chi connectivity index (χ1) is 10.9. The summed E-state index contributed by atoms with van der Waals surface area (Å²) in [6.45, 7) is 3.29. The van der Waals surface area contributed by atoms with Crippen LogP contribution in [0.25, 0.3) is 0 Å². The molecule has 1 amide bonds. The molecule has 0 bridgehead atoms. The van der Waals surface area contributed by atoms with Gasteiger partial charge in [-0.1, -0.05) is 6.92 Å². The Morgan fingerprint density at radius 2 is 2.00 bits per heavy atom. The molecule has 2 N–H and O–H groups in total. The molecular formula is C16H25N3O3S. The molecule has 0 aromatic heterocycles. The summed E-state index contributed by atoms with van der Waals surface area (Å²) in [5.74, 6) is 0.0836. The molecule has 1 unspecified atom stereocenters. The van der Waals surface area contributed by atoms with Gasteiger partial charge < -0.3 is 10.2 Å². The predicted octanol–water partition coefficient (Wildman–Crippen LogP) is 1.66. The molecule has 1 aromatic carbocycles. The molecule has 1 atom stereocenters. The summed E-state index contributed by atoms with van der Waals surface area (Å²) in [6.07, 6.45) is 2.64. The molecule has 7 heteroatoms. The van der Waals surface area contributed by atoms with E-state index in [2.05, 4.69) is 10.0 Å². The zero-order valence-corrected chi connectivity index (χ0v) is 14.5. The Bertz CT molecular complexity index is 628. The van der Waals surface area contributed by atoms with Crippen LogP contribution < -0.4 is 10.0 Å². The van der Waals surface area contributed by atoms with Crippen LogP contribution in [0.5, 0.6) is 0 Å². The molecule has 1 heterocycles. The summed E-state index contributed by atoms with van der Waals surface area (Å²) >= 11 is 0. The zero-order chi connectivity index (χ0) is 16.9. The number of benzene rings is 1. The largest absolute Gasteiger partial charge is 0.337 e. The SMILES string of the molecule is CCCS(=O)(=O)Nc1ccc(C(=O)N2CCCC(NC)C2)cc1. The lowest BCUT2D eigenvalue weighted by atomic mass is 10.0. The van der Waals surface area contributed by atoms with Gasteiger partial charge in [0.2, 0.25) is 10.0 Å². The third-order valence-electron chi connectivity index (χ3n) is 3.99. The minimum Gasteiger partial charge on any atom is -0.337 e. The number of likely N-dealkylation sites (N-methyl/N-ethyl adjacent to an activating group) is 1. The monoisotopic (exact) mass is 339 g/mol. The Hall–Kier alpha value is -1.60. The molecule has 2 rings (SSSR count). The number of anilines is 1. The van der Waals surface area contributed by atoms with Crippen LogP contribution in [0.2, 0.25) is 0 Å². The van der Waals surface area contributed by atoms with Crippen molar-refractivity contribution in [3.05, 3.63) is 29.8 Å². The summed E-state index contributed by atoms with van der Waals surface area (Å²) in [5, 5.41) is 3.22.